The van der Waals surface area contributed by atoms with Gasteiger partial charge in [0.2, 0.25) is 0 Å². The molecule has 158 valence electrons. The molecule has 1 saturated carbocycles. The van der Waals surface area contributed by atoms with Gasteiger partial charge in [0.15, 0.2) is 5.78 Å². The van der Waals surface area contributed by atoms with E-state index >= 15 is 0 Å². The molecule has 0 radical (unpaired) electrons. The summed E-state index contributed by atoms with van der Waals surface area (Å²) in [5.74, 6) is -3.50. The van der Waals surface area contributed by atoms with E-state index in [2.05, 4.69) is 10.1 Å². The Labute approximate surface area is 172 Å². The summed E-state index contributed by atoms with van der Waals surface area (Å²) in [4.78, 5) is 35.6. The van der Waals surface area contributed by atoms with Crippen molar-refractivity contribution in [1.29, 1.82) is 0 Å². The fourth-order valence-corrected chi connectivity index (χ4v) is 3.11. The molecule has 0 unspecified atom stereocenters. The molecule has 1 amide bonds. The molecule has 2 aromatic rings. The molecule has 3 rings (SSSR count). The van der Waals surface area contributed by atoms with E-state index in [1.54, 1.807) is 19.1 Å². The minimum atomic E-state index is -1.08. The summed E-state index contributed by atoms with van der Waals surface area (Å²) in [7, 11) is 0. The zero-order chi connectivity index (χ0) is 21.7. The number of amides is 1. The van der Waals surface area contributed by atoms with Crippen LogP contribution in [0.4, 0.5) is 13.6 Å². The van der Waals surface area contributed by atoms with E-state index in [0.29, 0.717) is 12.8 Å². The van der Waals surface area contributed by atoms with Crippen LogP contribution in [-0.4, -0.2) is 24.5 Å². The molecule has 0 aliphatic heterocycles. The first kappa shape index (κ1) is 21.4. The zero-order valence-electron chi connectivity index (χ0n) is 16.4. The van der Waals surface area contributed by atoms with Crippen molar-refractivity contribution < 1.29 is 32.6 Å². The number of esters is 1. The zero-order valence-corrected chi connectivity index (χ0v) is 16.4. The number of ketones is 1. The van der Waals surface area contributed by atoms with E-state index in [4.69, 9.17) is 4.74 Å². The SMILES string of the molecule is CCOC(=O)CC(=O)c1cc(F)c(C2(NC(=O)OCc3ccccc3)CC2)cc1F. The summed E-state index contributed by atoms with van der Waals surface area (Å²) in [5, 5.41) is 2.59. The van der Waals surface area contributed by atoms with Gasteiger partial charge in [-0.25, -0.2) is 13.6 Å². The molecule has 0 heterocycles. The number of ether oxygens (including phenoxy) is 2. The normalized spacial score (nSPS) is 14.0. The molecule has 1 fully saturated rings. The van der Waals surface area contributed by atoms with Gasteiger partial charge in [-0.1, -0.05) is 30.3 Å². The molecule has 30 heavy (non-hydrogen) atoms. The van der Waals surface area contributed by atoms with Gasteiger partial charge in [0.1, 0.15) is 24.7 Å². The third kappa shape index (κ3) is 5.00. The first-order valence-corrected chi connectivity index (χ1v) is 9.52. The van der Waals surface area contributed by atoms with Crippen LogP contribution in [0.3, 0.4) is 0 Å². The second-order valence-corrected chi connectivity index (χ2v) is 6.99. The Bertz CT molecular complexity index is 958. The average molecular weight is 417 g/mol. The number of hydrogen-bond donors (Lipinski definition) is 1. The summed E-state index contributed by atoms with van der Waals surface area (Å²) in [5.41, 5.74) is -0.892. The molecular weight excluding hydrogens is 396 g/mol. The molecule has 2 aromatic carbocycles. The molecule has 1 aliphatic rings. The van der Waals surface area contributed by atoms with E-state index in [1.165, 1.54) is 0 Å². The van der Waals surface area contributed by atoms with Gasteiger partial charge in [-0.15, -0.1) is 0 Å². The van der Waals surface area contributed by atoms with Crippen LogP contribution in [0.15, 0.2) is 42.5 Å². The number of Topliss-reactive ketones (excluding diaryl/α,β-unsaturated/α-hetero) is 1. The van der Waals surface area contributed by atoms with Gasteiger partial charge in [0, 0.05) is 5.56 Å². The maximum atomic E-state index is 14.7. The van der Waals surface area contributed by atoms with Crippen LogP contribution in [0.25, 0.3) is 0 Å². The van der Waals surface area contributed by atoms with Crippen molar-refractivity contribution in [2.24, 2.45) is 0 Å². The van der Waals surface area contributed by atoms with Crippen LogP contribution in [0, 0.1) is 11.6 Å². The molecule has 0 bridgehead atoms. The largest absolute Gasteiger partial charge is 0.466 e. The van der Waals surface area contributed by atoms with Gasteiger partial charge >= 0.3 is 12.1 Å². The van der Waals surface area contributed by atoms with Crippen molar-refractivity contribution in [1.82, 2.24) is 5.32 Å². The van der Waals surface area contributed by atoms with Crippen molar-refractivity contribution in [3.8, 4) is 0 Å². The Morgan fingerprint density at radius 3 is 2.37 bits per heavy atom. The molecule has 0 atom stereocenters. The van der Waals surface area contributed by atoms with Gasteiger partial charge in [-0.05, 0) is 37.5 Å². The lowest BCUT2D eigenvalue weighted by Crippen LogP contribution is -2.36. The summed E-state index contributed by atoms with van der Waals surface area (Å²) < 4.78 is 39.0. The minimum Gasteiger partial charge on any atom is -0.466 e. The third-order valence-corrected chi connectivity index (χ3v) is 4.79. The third-order valence-electron chi connectivity index (χ3n) is 4.79. The summed E-state index contributed by atoms with van der Waals surface area (Å²) in [6, 6.07) is 10.7. The van der Waals surface area contributed by atoms with E-state index in [-0.39, 0.29) is 18.8 Å². The predicted octanol–water partition coefficient (Wildman–Crippen LogP) is 4.02. The first-order chi connectivity index (χ1) is 14.3. The van der Waals surface area contributed by atoms with Crippen LogP contribution >= 0.6 is 0 Å². The van der Waals surface area contributed by atoms with Crippen LogP contribution in [0.5, 0.6) is 0 Å². The Morgan fingerprint density at radius 1 is 1.03 bits per heavy atom. The highest BCUT2D eigenvalue weighted by molar-refractivity contribution is 6.06. The number of hydrogen-bond acceptors (Lipinski definition) is 5. The highest BCUT2D eigenvalue weighted by atomic mass is 19.1. The van der Waals surface area contributed by atoms with Crippen LogP contribution in [-0.2, 0) is 26.4 Å². The number of rotatable bonds is 8. The number of carbonyl (C=O) groups is 3. The summed E-state index contributed by atoms with van der Waals surface area (Å²) in [6.07, 6.45) is -0.628. The lowest BCUT2D eigenvalue weighted by Gasteiger charge is -2.19. The fraction of sp³-hybridized carbons (Fsp3) is 0.318. The summed E-state index contributed by atoms with van der Waals surface area (Å²) >= 11 is 0. The van der Waals surface area contributed by atoms with Crippen molar-refractivity contribution >= 4 is 17.8 Å². The monoisotopic (exact) mass is 417 g/mol. The molecular formula is C22H21F2NO5. The first-order valence-electron chi connectivity index (χ1n) is 9.52. The predicted molar refractivity (Wildman–Crippen MR) is 103 cm³/mol. The Kier molecular flexibility index (Phi) is 6.44. The lowest BCUT2D eigenvalue weighted by atomic mass is 9.99. The Morgan fingerprint density at radius 2 is 1.73 bits per heavy atom. The molecule has 0 aromatic heterocycles. The molecule has 1 N–H and O–H groups in total. The Balaban J connectivity index is 1.69. The maximum Gasteiger partial charge on any atom is 0.408 e. The second kappa shape index (κ2) is 9.02. The van der Waals surface area contributed by atoms with E-state index < -0.39 is 47.0 Å². The van der Waals surface area contributed by atoms with Crippen LogP contribution in [0.1, 0.15) is 47.7 Å². The average Bonchev–Trinajstić information content (AvgIpc) is 3.49. The molecule has 1 aliphatic carbocycles. The number of halogens is 2. The molecule has 0 spiro atoms. The molecule has 6 nitrogen and oxygen atoms in total. The van der Waals surface area contributed by atoms with E-state index in [1.807, 2.05) is 18.2 Å². The van der Waals surface area contributed by atoms with Crippen LogP contribution < -0.4 is 5.32 Å². The number of nitrogens with one attached hydrogen (secondary N) is 1. The van der Waals surface area contributed by atoms with E-state index in [9.17, 15) is 23.2 Å². The van der Waals surface area contributed by atoms with Crippen molar-refractivity contribution in [2.45, 2.75) is 38.3 Å². The van der Waals surface area contributed by atoms with Crippen molar-refractivity contribution in [3.63, 3.8) is 0 Å². The molecule has 8 heteroatoms. The molecule has 0 saturated heterocycles. The highest BCUT2D eigenvalue weighted by Gasteiger charge is 2.48. The van der Waals surface area contributed by atoms with Gasteiger partial charge < -0.3 is 14.8 Å². The smallest absolute Gasteiger partial charge is 0.408 e. The number of carbonyl (C=O) groups excluding carboxylic acids is 3. The summed E-state index contributed by atoms with van der Waals surface area (Å²) in [6.45, 7) is 1.70. The fourth-order valence-electron chi connectivity index (χ4n) is 3.11. The Hall–Kier alpha value is -3.29. The number of alkyl carbamates (subject to hydrolysis) is 1. The lowest BCUT2D eigenvalue weighted by molar-refractivity contribution is -0.141. The van der Waals surface area contributed by atoms with Gasteiger partial charge in [0.25, 0.3) is 0 Å². The van der Waals surface area contributed by atoms with Crippen LogP contribution in [0.2, 0.25) is 0 Å². The van der Waals surface area contributed by atoms with Crippen molar-refractivity contribution in [2.75, 3.05) is 6.61 Å². The maximum absolute atomic E-state index is 14.7. The standard InChI is InChI=1S/C22H21F2NO5/c1-2-29-20(27)12-19(26)15-10-18(24)16(11-17(15)23)22(8-9-22)25-21(28)30-13-14-6-4-3-5-7-14/h3-7,10-11H,2,8-9,12-13H2,1H3,(H,25,28). The quantitative estimate of drug-likeness (QED) is 0.399. The van der Waals surface area contributed by atoms with Gasteiger partial charge in [0.05, 0.1) is 17.7 Å². The topological polar surface area (TPSA) is 81.7 Å². The van der Waals surface area contributed by atoms with Crippen molar-refractivity contribution in [3.05, 3.63) is 70.8 Å². The van der Waals surface area contributed by atoms with E-state index in [0.717, 1.165) is 17.7 Å². The second-order valence-electron chi connectivity index (χ2n) is 6.99. The van der Waals surface area contributed by atoms with Gasteiger partial charge in [-0.2, -0.15) is 0 Å². The highest BCUT2D eigenvalue weighted by Crippen LogP contribution is 2.47. The number of benzene rings is 2. The minimum absolute atomic E-state index is 0.0426. The van der Waals surface area contributed by atoms with Gasteiger partial charge in [-0.3, -0.25) is 9.59 Å².